The van der Waals surface area contributed by atoms with Crippen LogP contribution >= 0.6 is 0 Å². The van der Waals surface area contributed by atoms with Crippen LogP contribution in [0.1, 0.15) is 25.5 Å². The zero-order valence-electron chi connectivity index (χ0n) is 12.6. The van der Waals surface area contributed by atoms with Gasteiger partial charge in [0, 0.05) is 33.6 Å². The number of nitro groups is 1. The lowest BCUT2D eigenvalue weighted by molar-refractivity contribution is -0.384. The van der Waals surface area contributed by atoms with Crippen molar-refractivity contribution in [1.82, 2.24) is 15.1 Å². The second-order valence-corrected chi connectivity index (χ2v) is 5.53. The van der Waals surface area contributed by atoms with Crippen LogP contribution < -0.4 is 10.2 Å². The topological polar surface area (TPSA) is 93.3 Å². The molecule has 2 rings (SSSR count). The first-order valence-electron chi connectivity index (χ1n) is 7.07. The Morgan fingerprint density at radius 3 is 2.90 bits per heavy atom. The molecule has 1 aliphatic heterocycles. The van der Waals surface area contributed by atoms with Crippen LogP contribution in [0.25, 0.3) is 0 Å². The summed E-state index contributed by atoms with van der Waals surface area (Å²) < 4.78 is 1.58. The van der Waals surface area contributed by atoms with Crippen molar-refractivity contribution in [2.24, 2.45) is 13.0 Å². The first kappa shape index (κ1) is 15.3. The Bertz CT molecular complexity index is 554. The lowest BCUT2D eigenvalue weighted by Crippen LogP contribution is -2.41. The average Bonchev–Trinajstić information content (AvgIpc) is 2.71. The van der Waals surface area contributed by atoms with Gasteiger partial charge in [0.25, 0.3) is 0 Å². The predicted molar refractivity (Wildman–Crippen MR) is 78.2 cm³/mol. The molecule has 1 unspecified atom stereocenters. The molecule has 1 N–H and O–H groups in total. The number of rotatable bonds is 4. The molecule has 0 spiro atoms. The van der Waals surface area contributed by atoms with Crippen molar-refractivity contribution in [2.75, 3.05) is 24.5 Å². The van der Waals surface area contributed by atoms with E-state index >= 15 is 0 Å². The number of nitrogens with zero attached hydrogens (tertiary/aromatic N) is 4. The Kier molecular flexibility index (Phi) is 4.44. The number of piperidine rings is 1. The number of hydrogen-bond donors (Lipinski definition) is 1. The maximum atomic E-state index is 11.3. The number of carbonyl (C=O) groups is 1. The minimum atomic E-state index is -0.366. The van der Waals surface area contributed by atoms with E-state index in [1.807, 2.05) is 4.90 Å². The highest BCUT2D eigenvalue weighted by molar-refractivity contribution is 5.72. The molecule has 1 amide bonds. The van der Waals surface area contributed by atoms with Gasteiger partial charge in [-0.15, -0.1) is 0 Å². The van der Waals surface area contributed by atoms with Crippen molar-refractivity contribution in [3.63, 3.8) is 0 Å². The number of hydrogen-bond acceptors (Lipinski definition) is 5. The summed E-state index contributed by atoms with van der Waals surface area (Å²) in [7, 11) is 1.73. The molecule has 1 aliphatic rings. The number of carbonyl (C=O) groups excluding carboxylic acids is 1. The summed E-state index contributed by atoms with van der Waals surface area (Å²) in [6, 6.07) is 0. The van der Waals surface area contributed by atoms with Gasteiger partial charge in [0.15, 0.2) is 0 Å². The van der Waals surface area contributed by atoms with Crippen LogP contribution in [0.2, 0.25) is 0 Å². The first-order valence-corrected chi connectivity index (χ1v) is 7.07. The average molecular weight is 295 g/mol. The Balaban J connectivity index is 2.18. The van der Waals surface area contributed by atoms with Crippen LogP contribution in [0, 0.1) is 23.0 Å². The second kappa shape index (κ2) is 6.11. The van der Waals surface area contributed by atoms with Gasteiger partial charge in [0.1, 0.15) is 5.69 Å². The van der Waals surface area contributed by atoms with Gasteiger partial charge in [-0.05, 0) is 25.7 Å². The molecule has 1 atom stereocenters. The number of amides is 1. The van der Waals surface area contributed by atoms with E-state index in [1.54, 1.807) is 18.7 Å². The molecule has 2 heterocycles. The van der Waals surface area contributed by atoms with Crippen LogP contribution in [-0.4, -0.2) is 40.2 Å². The van der Waals surface area contributed by atoms with Crippen molar-refractivity contribution < 1.29 is 9.72 Å². The number of nitrogens with one attached hydrogen (secondary N) is 1. The van der Waals surface area contributed by atoms with Crippen molar-refractivity contribution in [2.45, 2.75) is 26.7 Å². The van der Waals surface area contributed by atoms with Crippen molar-refractivity contribution in [3.05, 3.63) is 15.8 Å². The molecule has 8 heteroatoms. The zero-order chi connectivity index (χ0) is 15.6. The van der Waals surface area contributed by atoms with Gasteiger partial charge in [-0.2, -0.15) is 5.10 Å². The maximum absolute atomic E-state index is 11.3. The van der Waals surface area contributed by atoms with Gasteiger partial charge < -0.3 is 10.2 Å². The molecule has 1 aromatic rings. The fraction of sp³-hybridized carbons (Fsp3) is 0.692. The molecule has 0 aliphatic carbocycles. The first-order chi connectivity index (χ1) is 9.90. The summed E-state index contributed by atoms with van der Waals surface area (Å²) in [5.41, 5.74) is 0.513. The van der Waals surface area contributed by atoms with E-state index in [2.05, 4.69) is 10.4 Å². The van der Waals surface area contributed by atoms with E-state index in [0.29, 0.717) is 30.5 Å². The Morgan fingerprint density at radius 2 is 2.29 bits per heavy atom. The molecule has 116 valence electrons. The van der Waals surface area contributed by atoms with Crippen LogP contribution in [0.15, 0.2) is 0 Å². The summed E-state index contributed by atoms with van der Waals surface area (Å²) in [4.78, 5) is 23.9. The van der Waals surface area contributed by atoms with Crippen molar-refractivity contribution >= 4 is 17.4 Å². The molecular weight excluding hydrogens is 274 g/mol. The third-order valence-corrected chi connectivity index (χ3v) is 3.80. The molecule has 1 aromatic heterocycles. The number of aryl methyl sites for hydroxylation is 2. The standard InChI is InChI=1S/C13H21N5O3/c1-9-12(18(20)21)13(16(3)15-9)17-6-4-5-11(8-17)7-14-10(2)19/h11H,4-8H2,1-3H3,(H,14,19). The SMILES string of the molecule is CC(=O)NCC1CCCN(c2c([N+](=O)[O-])c(C)nn2C)C1. The highest BCUT2D eigenvalue weighted by atomic mass is 16.6. The van der Waals surface area contributed by atoms with Gasteiger partial charge in [-0.3, -0.25) is 14.9 Å². The Labute approximate surface area is 123 Å². The molecule has 0 bridgehead atoms. The van der Waals surface area contributed by atoms with Crippen LogP contribution in [0.4, 0.5) is 11.5 Å². The molecule has 0 saturated carbocycles. The normalized spacial score (nSPS) is 18.6. The smallest absolute Gasteiger partial charge is 0.333 e. The van der Waals surface area contributed by atoms with Crippen LogP contribution in [-0.2, 0) is 11.8 Å². The van der Waals surface area contributed by atoms with Gasteiger partial charge in [0.2, 0.25) is 11.7 Å². The van der Waals surface area contributed by atoms with Gasteiger partial charge in [-0.25, -0.2) is 4.68 Å². The Morgan fingerprint density at radius 1 is 1.57 bits per heavy atom. The lowest BCUT2D eigenvalue weighted by Gasteiger charge is -2.33. The lowest BCUT2D eigenvalue weighted by atomic mass is 9.98. The van der Waals surface area contributed by atoms with Crippen LogP contribution in [0.3, 0.4) is 0 Å². The molecule has 8 nitrogen and oxygen atoms in total. The number of aromatic nitrogens is 2. The summed E-state index contributed by atoms with van der Waals surface area (Å²) in [6.45, 7) is 5.23. The number of anilines is 1. The highest BCUT2D eigenvalue weighted by Crippen LogP contribution is 2.33. The molecule has 0 aromatic carbocycles. The minimum Gasteiger partial charge on any atom is -0.356 e. The van der Waals surface area contributed by atoms with E-state index in [1.165, 1.54) is 6.92 Å². The van der Waals surface area contributed by atoms with E-state index in [9.17, 15) is 14.9 Å². The Hall–Kier alpha value is -2.12. The van der Waals surface area contributed by atoms with E-state index in [-0.39, 0.29) is 16.5 Å². The quantitative estimate of drug-likeness (QED) is 0.660. The van der Waals surface area contributed by atoms with Crippen LogP contribution in [0.5, 0.6) is 0 Å². The third-order valence-electron chi connectivity index (χ3n) is 3.80. The molecule has 1 fully saturated rings. The van der Waals surface area contributed by atoms with E-state index in [4.69, 9.17) is 0 Å². The van der Waals surface area contributed by atoms with Gasteiger partial charge in [0.05, 0.1) is 4.92 Å². The second-order valence-electron chi connectivity index (χ2n) is 5.53. The van der Waals surface area contributed by atoms with E-state index < -0.39 is 0 Å². The highest BCUT2D eigenvalue weighted by Gasteiger charge is 2.31. The fourth-order valence-electron chi connectivity index (χ4n) is 2.92. The maximum Gasteiger partial charge on any atom is 0.333 e. The largest absolute Gasteiger partial charge is 0.356 e. The molecular formula is C13H21N5O3. The fourth-order valence-corrected chi connectivity index (χ4v) is 2.92. The minimum absolute atomic E-state index is 0.0468. The van der Waals surface area contributed by atoms with E-state index in [0.717, 1.165) is 19.4 Å². The predicted octanol–water partition coefficient (Wildman–Crippen LogP) is 0.989. The molecule has 0 radical (unpaired) electrons. The van der Waals surface area contributed by atoms with Crippen molar-refractivity contribution in [1.29, 1.82) is 0 Å². The third kappa shape index (κ3) is 3.32. The van der Waals surface area contributed by atoms with Crippen molar-refractivity contribution in [3.8, 4) is 0 Å². The summed E-state index contributed by atoms with van der Waals surface area (Å²) in [5.74, 6) is 0.817. The summed E-state index contributed by atoms with van der Waals surface area (Å²) in [5, 5.41) is 18.3. The van der Waals surface area contributed by atoms with Gasteiger partial charge >= 0.3 is 5.69 Å². The monoisotopic (exact) mass is 295 g/mol. The summed E-state index contributed by atoms with van der Waals surface area (Å²) >= 11 is 0. The van der Waals surface area contributed by atoms with Gasteiger partial charge in [-0.1, -0.05) is 0 Å². The molecule has 21 heavy (non-hydrogen) atoms. The zero-order valence-corrected chi connectivity index (χ0v) is 12.6. The summed E-state index contributed by atoms with van der Waals surface area (Å²) in [6.07, 6.45) is 1.97. The molecule has 1 saturated heterocycles.